The van der Waals surface area contributed by atoms with Gasteiger partial charge in [-0.25, -0.2) is 4.39 Å². The highest BCUT2D eigenvalue weighted by molar-refractivity contribution is 7.99. The van der Waals surface area contributed by atoms with Crippen LogP contribution in [-0.4, -0.2) is 30.3 Å². The Balaban J connectivity index is 2.20. The quantitative estimate of drug-likeness (QED) is 0.715. The van der Waals surface area contributed by atoms with Crippen LogP contribution in [0.3, 0.4) is 0 Å². The summed E-state index contributed by atoms with van der Waals surface area (Å²) in [6.07, 6.45) is 3.85. The van der Waals surface area contributed by atoms with Crippen molar-refractivity contribution >= 4 is 11.8 Å². The number of nitrogens with one attached hydrogen (secondary N) is 1. The summed E-state index contributed by atoms with van der Waals surface area (Å²) >= 11 is 2.01. The molecule has 0 heterocycles. The van der Waals surface area contributed by atoms with E-state index in [9.17, 15) is 4.39 Å². The van der Waals surface area contributed by atoms with E-state index >= 15 is 0 Å². The van der Waals surface area contributed by atoms with Gasteiger partial charge in [-0.15, -0.1) is 0 Å². The van der Waals surface area contributed by atoms with Crippen molar-refractivity contribution in [3.05, 3.63) is 0 Å². The van der Waals surface area contributed by atoms with Gasteiger partial charge in [-0.1, -0.05) is 13.3 Å². The van der Waals surface area contributed by atoms with Crippen molar-refractivity contribution in [1.29, 1.82) is 0 Å². The van der Waals surface area contributed by atoms with Crippen LogP contribution in [-0.2, 0) is 0 Å². The fourth-order valence-corrected chi connectivity index (χ4v) is 3.04. The Labute approximate surface area is 78.5 Å². The van der Waals surface area contributed by atoms with E-state index in [2.05, 4.69) is 12.2 Å². The van der Waals surface area contributed by atoms with E-state index < -0.39 is 0 Å². The molecule has 0 aromatic rings. The molecule has 72 valence electrons. The molecule has 1 saturated carbocycles. The maximum atomic E-state index is 11.9. The van der Waals surface area contributed by atoms with Crippen molar-refractivity contribution in [2.24, 2.45) is 0 Å². The highest BCUT2D eigenvalue weighted by Gasteiger charge is 2.25. The third-order valence-electron chi connectivity index (χ3n) is 2.33. The molecule has 0 aliphatic heterocycles. The van der Waals surface area contributed by atoms with E-state index in [-0.39, 0.29) is 6.67 Å². The molecule has 0 amide bonds. The lowest BCUT2D eigenvalue weighted by Crippen LogP contribution is -2.35. The van der Waals surface area contributed by atoms with Crippen LogP contribution in [0.5, 0.6) is 0 Å². The largest absolute Gasteiger partial charge is 0.310 e. The monoisotopic (exact) mass is 191 g/mol. The molecule has 2 atom stereocenters. The maximum Gasteiger partial charge on any atom is 0.102 e. The minimum atomic E-state index is -0.236. The summed E-state index contributed by atoms with van der Waals surface area (Å²) in [5.41, 5.74) is 0. The lowest BCUT2D eigenvalue weighted by molar-refractivity contribution is 0.434. The van der Waals surface area contributed by atoms with Crippen molar-refractivity contribution in [3.8, 4) is 0 Å². The number of hydrogen-bond donors (Lipinski definition) is 1. The Kier molecular flexibility index (Phi) is 5.00. The molecule has 1 aliphatic carbocycles. The van der Waals surface area contributed by atoms with Gasteiger partial charge >= 0.3 is 0 Å². The maximum absolute atomic E-state index is 11.9. The Morgan fingerprint density at radius 2 is 2.33 bits per heavy atom. The summed E-state index contributed by atoms with van der Waals surface area (Å²) in [5, 5.41) is 4.01. The van der Waals surface area contributed by atoms with E-state index in [1.807, 2.05) is 11.8 Å². The number of halogens is 1. The molecule has 1 rings (SSSR count). The SMILES string of the molecule is CCSC1CCCC1NCCF. The lowest BCUT2D eigenvalue weighted by atomic mass is 10.2. The molecule has 0 aromatic carbocycles. The molecular weight excluding hydrogens is 173 g/mol. The summed E-state index contributed by atoms with van der Waals surface area (Å²) in [6.45, 7) is 2.49. The summed E-state index contributed by atoms with van der Waals surface area (Å²) in [4.78, 5) is 0. The summed E-state index contributed by atoms with van der Waals surface area (Å²) in [6, 6.07) is 0.575. The first-order valence-corrected chi connectivity index (χ1v) is 5.84. The molecule has 0 radical (unpaired) electrons. The molecule has 0 saturated heterocycles. The molecule has 1 aliphatic rings. The predicted molar refractivity (Wildman–Crippen MR) is 53.5 cm³/mol. The average Bonchev–Trinajstić information content (AvgIpc) is 2.50. The van der Waals surface area contributed by atoms with Crippen LogP contribution in [0.2, 0.25) is 0 Å². The normalized spacial score (nSPS) is 29.5. The van der Waals surface area contributed by atoms with Crippen molar-refractivity contribution < 1.29 is 4.39 Å². The summed E-state index contributed by atoms with van der Waals surface area (Å²) < 4.78 is 11.9. The van der Waals surface area contributed by atoms with E-state index in [4.69, 9.17) is 0 Å². The first-order valence-electron chi connectivity index (χ1n) is 4.79. The topological polar surface area (TPSA) is 12.0 Å². The Bertz CT molecular complexity index is 121. The second-order valence-corrected chi connectivity index (χ2v) is 4.69. The molecule has 0 aromatic heterocycles. The summed E-state index contributed by atoms with van der Waals surface area (Å²) in [5.74, 6) is 1.18. The Morgan fingerprint density at radius 1 is 1.50 bits per heavy atom. The first kappa shape index (κ1) is 10.3. The van der Waals surface area contributed by atoms with Gasteiger partial charge in [0, 0.05) is 17.8 Å². The highest BCUT2D eigenvalue weighted by atomic mass is 32.2. The van der Waals surface area contributed by atoms with Gasteiger partial charge in [0.05, 0.1) is 0 Å². The van der Waals surface area contributed by atoms with E-state index in [0.29, 0.717) is 12.6 Å². The molecule has 1 N–H and O–H groups in total. The molecule has 12 heavy (non-hydrogen) atoms. The minimum absolute atomic E-state index is 0.236. The number of hydrogen-bond acceptors (Lipinski definition) is 2. The van der Waals surface area contributed by atoms with E-state index in [1.54, 1.807) is 0 Å². The fourth-order valence-electron chi connectivity index (χ4n) is 1.81. The molecule has 2 unspecified atom stereocenters. The molecule has 3 heteroatoms. The Hall–Kier alpha value is 0.240. The van der Waals surface area contributed by atoms with Gasteiger partial charge in [0.25, 0.3) is 0 Å². The zero-order chi connectivity index (χ0) is 8.81. The highest BCUT2D eigenvalue weighted by Crippen LogP contribution is 2.29. The van der Waals surface area contributed by atoms with Crippen LogP contribution in [0.4, 0.5) is 4.39 Å². The Morgan fingerprint density at radius 3 is 3.00 bits per heavy atom. The van der Waals surface area contributed by atoms with Gasteiger partial charge in [-0.2, -0.15) is 11.8 Å². The number of alkyl halides is 1. The van der Waals surface area contributed by atoms with Crippen molar-refractivity contribution in [2.45, 2.75) is 37.5 Å². The average molecular weight is 191 g/mol. The van der Waals surface area contributed by atoms with Gasteiger partial charge in [0.1, 0.15) is 6.67 Å². The van der Waals surface area contributed by atoms with E-state index in [1.165, 1.54) is 25.0 Å². The van der Waals surface area contributed by atoms with Crippen LogP contribution in [0.1, 0.15) is 26.2 Å². The first-order chi connectivity index (χ1) is 5.88. The van der Waals surface area contributed by atoms with Crippen LogP contribution < -0.4 is 5.32 Å². The zero-order valence-electron chi connectivity index (χ0n) is 7.68. The second kappa shape index (κ2) is 5.81. The van der Waals surface area contributed by atoms with Crippen molar-refractivity contribution in [1.82, 2.24) is 5.32 Å². The minimum Gasteiger partial charge on any atom is -0.310 e. The summed E-state index contributed by atoms with van der Waals surface area (Å²) in [7, 11) is 0. The third-order valence-corrected chi connectivity index (χ3v) is 3.66. The fraction of sp³-hybridized carbons (Fsp3) is 1.00. The van der Waals surface area contributed by atoms with Crippen LogP contribution >= 0.6 is 11.8 Å². The number of rotatable bonds is 5. The van der Waals surface area contributed by atoms with Crippen molar-refractivity contribution in [3.63, 3.8) is 0 Å². The van der Waals surface area contributed by atoms with Crippen LogP contribution in [0, 0.1) is 0 Å². The second-order valence-electron chi connectivity index (χ2n) is 3.17. The molecule has 0 spiro atoms. The zero-order valence-corrected chi connectivity index (χ0v) is 8.50. The standard InChI is InChI=1S/C9H18FNS/c1-2-12-9-5-3-4-8(9)11-7-6-10/h8-9,11H,2-7H2,1H3. The third kappa shape index (κ3) is 2.94. The van der Waals surface area contributed by atoms with Gasteiger partial charge in [-0.05, 0) is 18.6 Å². The van der Waals surface area contributed by atoms with Crippen LogP contribution in [0.15, 0.2) is 0 Å². The van der Waals surface area contributed by atoms with Gasteiger partial charge < -0.3 is 5.32 Å². The number of thioether (sulfide) groups is 1. The molecule has 0 bridgehead atoms. The lowest BCUT2D eigenvalue weighted by Gasteiger charge is -2.19. The van der Waals surface area contributed by atoms with Gasteiger partial charge in [-0.3, -0.25) is 0 Å². The smallest absolute Gasteiger partial charge is 0.102 e. The van der Waals surface area contributed by atoms with E-state index in [0.717, 1.165) is 5.25 Å². The molecule has 1 fully saturated rings. The van der Waals surface area contributed by atoms with Gasteiger partial charge in [0.15, 0.2) is 0 Å². The van der Waals surface area contributed by atoms with Gasteiger partial charge in [0.2, 0.25) is 0 Å². The predicted octanol–water partition coefficient (Wildman–Crippen LogP) is 2.22. The van der Waals surface area contributed by atoms with Crippen LogP contribution in [0.25, 0.3) is 0 Å². The van der Waals surface area contributed by atoms with Crippen molar-refractivity contribution in [2.75, 3.05) is 19.0 Å². The molecular formula is C9H18FNS. The molecule has 1 nitrogen and oxygen atoms in total.